The normalized spacial score (nSPS) is 13.8. The Bertz CT molecular complexity index is 608. The van der Waals surface area contributed by atoms with Crippen LogP contribution in [0.5, 0.6) is 0 Å². The summed E-state index contributed by atoms with van der Waals surface area (Å²) >= 11 is 3.40. The molecular formula is C19H28N2OS2. The first-order chi connectivity index (χ1) is 11.6. The molecule has 1 heterocycles. The van der Waals surface area contributed by atoms with E-state index in [1.54, 1.807) is 23.1 Å². The van der Waals surface area contributed by atoms with Gasteiger partial charge in [0.15, 0.2) is 4.34 Å². The average molecular weight is 365 g/mol. The van der Waals surface area contributed by atoms with Crippen LogP contribution in [-0.4, -0.2) is 22.7 Å². The quantitative estimate of drug-likeness (QED) is 0.566. The Hall–Kier alpha value is -1.07. The van der Waals surface area contributed by atoms with Gasteiger partial charge in [-0.1, -0.05) is 63.9 Å². The van der Waals surface area contributed by atoms with Crippen LogP contribution >= 0.6 is 23.1 Å². The van der Waals surface area contributed by atoms with E-state index >= 15 is 0 Å². The van der Waals surface area contributed by atoms with Gasteiger partial charge in [0.25, 0.3) is 0 Å². The van der Waals surface area contributed by atoms with Crippen LogP contribution < -0.4 is 5.32 Å². The van der Waals surface area contributed by atoms with Crippen LogP contribution in [0.4, 0.5) is 0 Å². The number of nitrogens with zero attached hydrogens (tertiary/aromatic N) is 1. The predicted molar refractivity (Wildman–Crippen MR) is 106 cm³/mol. The maximum Gasteiger partial charge on any atom is 0.221 e. The van der Waals surface area contributed by atoms with E-state index in [0.717, 1.165) is 22.8 Å². The van der Waals surface area contributed by atoms with Crippen LogP contribution in [0, 0.1) is 5.92 Å². The van der Waals surface area contributed by atoms with Crippen molar-refractivity contribution in [3.05, 3.63) is 24.3 Å². The number of carbonyl (C=O) groups is 1. The number of hydrogen-bond donors (Lipinski definition) is 1. The van der Waals surface area contributed by atoms with Gasteiger partial charge in [0.2, 0.25) is 5.91 Å². The number of rotatable bonds is 10. The van der Waals surface area contributed by atoms with Crippen molar-refractivity contribution in [3.8, 4) is 0 Å². The number of amides is 1. The Morgan fingerprint density at radius 1 is 1.33 bits per heavy atom. The zero-order valence-electron chi connectivity index (χ0n) is 14.9. The van der Waals surface area contributed by atoms with Crippen molar-refractivity contribution in [1.29, 1.82) is 0 Å². The Labute approximate surface area is 153 Å². The molecule has 0 saturated heterocycles. The first kappa shape index (κ1) is 19.3. The summed E-state index contributed by atoms with van der Waals surface area (Å²) in [5, 5.41) is 3.35. The molecule has 2 atom stereocenters. The minimum atomic E-state index is 0.158. The van der Waals surface area contributed by atoms with Gasteiger partial charge in [-0.3, -0.25) is 4.79 Å². The van der Waals surface area contributed by atoms with E-state index in [1.165, 1.54) is 24.0 Å². The van der Waals surface area contributed by atoms with Crippen molar-refractivity contribution in [2.24, 2.45) is 5.92 Å². The molecule has 2 aromatic rings. The standard InChI is InChI=1S/C19H28N2OS2/c1-4-6-9-15(5-2)13-20-18(22)12-14(3)23-19-21-16-10-7-8-11-17(16)24-19/h7-8,10-11,14-15H,4-6,9,12-13H2,1-3H3,(H,20,22). The predicted octanol–water partition coefficient (Wildman–Crippen LogP) is 5.50. The minimum absolute atomic E-state index is 0.158. The topological polar surface area (TPSA) is 42.0 Å². The van der Waals surface area contributed by atoms with E-state index in [2.05, 4.69) is 37.1 Å². The fraction of sp³-hybridized carbons (Fsp3) is 0.579. The van der Waals surface area contributed by atoms with E-state index < -0.39 is 0 Å². The molecule has 0 bridgehead atoms. The largest absolute Gasteiger partial charge is 0.356 e. The molecule has 0 fully saturated rings. The van der Waals surface area contributed by atoms with Gasteiger partial charge in [0.05, 0.1) is 10.2 Å². The summed E-state index contributed by atoms with van der Waals surface area (Å²) in [5.41, 5.74) is 1.04. The van der Waals surface area contributed by atoms with Crippen molar-refractivity contribution in [3.63, 3.8) is 0 Å². The van der Waals surface area contributed by atoms with Crippen LogP contribution in [0.2, 0.25) is 0 Å². The van der Waals surface area contributed by atoms with Gasteiger partial charge >= 0.3 is 0 Å². The highest BCUT2D eigenvalue weighted by Crippen LogP contribution is 2.32. The molecular weight excluding hydrogens is 336 g/mol. The van der Waals surface area contributed by atoms with Crippen molar-refractivity contribution in [2.45, 2.75) is 62.5 Å². The second-order valence-electron chi connectivity index (χ2n) is 6.30. The molecule has 1 aromatic carbocycles. The number of unbranched alkanes of at least 4 members (excludes halogenated alkanes) is 1. The van der Waals surface area contributed by atoms with Crippen LogP contribution in [0.3, 0.4) is 0 Å². The zero-order valence-corrected chi connectivity index (χ0v) is 16.5. The van der Waals surface area contributed by atoms with E-state index in [4.69, 9.17) is 0 Å². The highest BCUT2D eigenvalue weighted by molar-refractivity contribution is 8.01. The molecule has 0 aliphatic carbocycles. The van der Waals surface area contributed by atoms with Crippen molar-refractivity contribution in [1.82, 2.24) is 10.3 Å². The average Bonchev–Trinajstić information content (AvgIpc) is 2.96. The smallest absolute Gasteiger partial charge is 0.221 e. The summed E-state index contributed by atoms with van der Waals surface area (Å²) in [6.45, 7) is 7.34. The first-order valence-electron chi connectivity index (χ1n) is 8.91. The molecule has 0 aliphatic heterocycles. The Morgan fingerprint density at radius 3 is 2.83 bits per heavy atom. The van der Waals surface area contributed by atoms with E-state index in [0.29, 0.717) is 12.3 Å². The van der Waals surface area contributed by atoms with Crippen LogP contribution in [0.25, 0.3) is 10.2 Å². The van der Waals surface area contributed by atoms with Gasteiger partial charge in [-0.2, -0.15) is 0 Å². The fourth-order valence-electron chi connectivity index (χ4n) is 2.65. The second kappa shape index (κ2) is 10.0. The number of thiazole rings is 1. The molecule has 3 nitrogen and oxygen atoms in total. The Kier molecular flexibility index (Phi) is 8.06. The molecule has 1 amide bonds. The number of hydrogen-bond acceptors (Lipinski definition) is 4. The first-order valence-corrected chi connectivity index (χ1v) is 10.6. The number of nitrogens with one attached hydrogen (secondary N) is 1. The summed E-state index contributed by atoms with van der Waals surface area (Å²) in [5.74, 6) is 0.771. The third kappa shape index (κ3) is 6.10. The molecule has 0 saturated carbocycles. The van der Waals surface area contributed by atoms with E-state index in [9.17, 15) is 4.79 Å². The molecule has 1 N–H and O–H groups in total. The molecule has 0 spiro atoms. The van der Waals surface area contributed by atoms with E-state index in [1.807, 2.05) is 18.2 Å². The minimum Gasteiger partial charge on any atom is -0.356 e. The van der Waals surface area contributed by atoms with E-state index in [-0.39, 0.29) is 11.2 Å². The summed E-state index contributed by atoms with van der Waals surface area (Å²) in [6.07, 6.45) is 5.36. The molecule has 24 heavy (non-hydrogen) atoms. The maximum absolute atomic E-state index is 12.2. The molecule has 0 aliphatic rings. The van der Waals surface area contributed by atoms with Crippen LogP contribution in [0.1, 0.15) is 52.9 Å². The Balaban J connectivity index is 1.76. The summed E-state index contributed by atoms with van der Waals surface area (Å²) in [7, 11) is 0. The lowest BCUT2D eigenvalue weighted by Gasteiger charge is -2.16. The van der Waals surface area contributed by atoms with Gasteiger partial charge in [-0.05, 0) is 24.5 Å². The monoisotopic (exact) mass is 364 g/mol. The number of para-hydroxylation sites is 1. The zero-order chi connectivity index (χ0) is 17.4. The van der Waals surface area contributed by atoms with Gasteiger partial charge < -0.3 is 5.32 Å². The molecule has 2 unspecified atom stereocenters. The van der Waals surface area contributed by atoms with Crippen LogP contribution in [-0.2, 0) is 4.79 Å². The van der Waals surface area contributed by atoms with Gasteiger partial charge in [0.1, 0.15) is 0 Å². The van der Waals surface area contributed by atoms with Gasteiger partial charge in [-0.25, -0.2) is 4.98 Å². The maximum atomic E-state index is 12.2. The number of fused-ring (bicyclic) bond motifs is 1. The highest BCUT2D eigenvalue weighted by Gasteiger charge is 2.14. The molecule has 132 valence electrons. The van der Waals surface area contributed by atoms with Crippen molar-refractivity contribution >= 4 is 39.2 Å². The lowest BCUT2D eigenvalue weighted by molar-refractivity contribution is -0.121. The lowest BCUT2D eigenvalue weighted by atomic mass is 9.99. The van der Waals surface area contributed by atoms with Gasteiger partial charge in [-0.15, -0.1) is 11.3 Å². The molecule has 0 radical (unpaired) electrons. The number of carbonyl (C=O) groups excluding carboxylic acids is 1. The molecule has 5 heteroatoms. The number of thioether (sulfide) groups is 1. The van der Waals surface area contributed by atoms with Crippen molar-refractivity contribution in [2.75, 3.05) is 6.54 Å². The third-order valence-electron chi connectivity index (χ3n) is 4.18. The fourth-order valence-corrected chi connectivity index (χ4v) is 5.03. The van der Waals surface area contributed by atoms with Crippen LogP contribution in [0.15, 0.2) is 28.6 Å². The van der Waals surface area contributed by atoms with Crippen molar-refractivity contribution < 1.29 is 4.79 Å². The molecule has 1 aromatic heterocycles. The number of aromatic nitrogens is 1. The lowest BCUT2D eigenvalue weighted by Crippen LogP contribution is -2.30. The summed E-state index contributed by atoms with van der Waals surface area (Å²) in [4.78, 5) is 16.8. The SMILES string of the molecule is CCCCC(CC)CNC(=O)CC(C)Sc1nc2ccccc2s1. The third-order valence-corrected chi connectivity index (χ3v) is 6.41. The summed E-state index contributed by atoms with van der Waals surface area (Å²) < 4.78 is 2.25. The van der Waals surface area contributed by atoms with Gasteiger partial charge in [0, 0.05) is 18.2 Å². The Morgan fingerprint density at radius 2 is 2.12 bits per heavy atom. The second-order valence-corrected chi connectivity index (χ2v) is 9.02. The highest BCUT2D eigenvalue weighted by atomic mass is 32.2. The molecule has 2 rings (SSSR count). The summed E-state index contributed by atoms with van der Waals surface area (Å²) in [6, 6.07) is 8.18. The number of benzene rings is 1.